The van der Waals surface area contributed by atoms with Crippen molar-refractivity contribution >= 4 is 17.1 Å². The number of aliphatic hydroxyl groups excluding tert-OH is 1. The molecule has 0 aromatic heterocycles. The molecule has 36 heavy (non-hydrogen) atoms. The van der Waals surface area contributed by atoms with Crippen LogP contribution in [0, 0.1) is 11.8 Å². The van der Waals surface area contributed by atoms with Gasteiger partial charge in [-0.3, -0.25) is 0 Å². The van der Waals surface area contributed by atoms with Gasteiger partial charge in [-0.2, -0.15) is 0 Å². The van der Waals surface area contributed by atoms with Gasteiger partial charge < -0.3 is 30.2 Å². The Morgan fingerprint density at radius 1 is 0.750 bits per heavy atom. The lowest BCUT2D eigenvalue weighted by Crippen LogP contribution is -2.69. The lowest BCUT2D eigenvalue weighted by molar-refractivity contribution is -0.459. The number of aromatic hydroxyl groups is 2. The number of nitrogens with zero attached hydrogens (tertiary/aromatic N) is 2. The summed E-state index contributed by atoms with van der Waals surface area (Å²) in [5.74, 6) is -0.443. The summed E-state index contributed by atoms with van der Waals surface area (Å²) in [4.78, 5) is 3.99. The van der Waals surface area contributed by atoms with E-state index in [2.05, 4.69) is 32.6 Å². The van der Waals surface area contributed by atoms with Crippen LogP contribution in [0.25, 0.3) is 0 Å². The first kappa shape index (κ1) is 25.9. The van der Waals surface area contributed by atoms with Crippen LogP contribution in [0.3, 0.4) is 0 Å². The zero-order chi connectivity index (χ0) is 26.0. The van der Waals surface area contributed by atoms with Crippen LogP contribution in [0.1, 0.15) is 39.2 Å². The van der Waals surface area contributed by atoms with E-state index in [4.69, 9.17) is 0 Å². The lowest BCUT2D eigenvalue weighted by Gasteiger charge is -2.58. The van der Waals surface area contributed by atoms with E-state index in [1.165, 1.54) is 0 Å². The molecule has 0 aliphatic heterocycles. The van der Waals surface area contributed by atoms with Crippen LogP contribution >= 0.6 is 0 Å². The topological polar surface area (TPSA) is 90.2 Å². The van der Waals surface area contributed by atoms with Gasteiger partial charge in [0.25, 0.3) is 0 Å². The first-order chi connectivity index (χ1) is 17.2. The summed E-state index contributed by atoms with van der Waals surface area (Å²) in [5.41, 5.74) is 2.43. The van der Waals surface area contributed by atoms with Crippen LogP contribution in [0.4, 0.5) is 17.1 Å². The fourth-order valence-corrected chi connectivity index (χ4v) is 5.27. The molecule has 0 bridgehead atoms. The van der Waals surface area contributed by atoms with Gasteiger partial charge >= 0.3 is 0 Å². The van der Waals surface area contributed by atoms with Crippen LogP contribution in [0.15, 0.2) is 72.8 Å². The van der Waals surface area contributed by atoms with E-state index in [0.29, 0.717) is 17.5 Å². The average Bonchev–Trinajstić information content (AvgIpc) is 2.84. The monoisotopic (exact) mass is 489 g/mol. The summed E-state index contributed by atoms with van der Waals surface area (Å²) < 4.78 is 0. The molecule has 0 spiro atoms. The molecule has 0 saturated heterocycles. The van der Waals surface area contributed by atoms with E-state index in [-0.39, 0.29) is 17.1 Å². The maximum absolute atomic E-state index is 13.6. The molecular weight excluding hydrogens is 452 g/mol. The van der Waals surface area contributed by atoms with Crippen molar-refractivity contribution in [2.75, 3.05) is 22.9 Å². The molecule has 1 aliphatic carbocycles. The smallest absolute Gasteiger partial charge is 0.124 e. The minimum absolute atomic E-state index is 0.123. The summed E-state index contributed by atoms with van der Waals surface area (Å²) in [6, 6.07) is 21.5. The zero-order valence-electron chi connectivity index (χ0n) is 21.5. The molecule has 0 radical (unpaired) electrons. The fraction of sp³-hybridized carbons (Fsp3) is 0.400. The largest absolute Gasteiger partial charge is 0.850 e. The van der Waals surface area contributed by atoms with Crippen molar-refractivity contribution in [2.24, 2.45) is 11.8 Å². The van der Waals surface area contributed by atoms with Gasteiger partial charge in [-0.1, -0.05) is 70.2 Å². The van der Waals surface area contributed by atoms with Gasteiger partial charge in [0.1, 0.15) is 11.5 Å². The predicted molar refractivity (Wildman–Crippen MR) is 143 cm³/mol. The van der Waals surface area contributed by atoms with E-state index >= 15 is 0 Å². The summed E-state index contributed by atoms with van der Waals surface area (Å²) in [7, 11) is 0. The molecule has 4 unspecified atom stereocenters. The van der Waals surface area contributed by atoms with Gasteiger partial charge in [0, 0.05) is 59.8 Å². The number of hydrogen-bond acceptors (Lipinski definition) is 6. The number of para-hydroxylation sites is 2. The van der Waals surface area contributed by atoms with Crippen LogP contribution in [-0.4, -0.2) is 46.7 Å². The number of hydrogen-bond donors (Lipinski definition) is 3. The molecule has 4 atom stereocenters. The Kier molecular flexibility index (Phi) is 7.76. The van der Waals surface area contributed by atoms with Crippen LogP contribution in [0.5, 0.6) is 11.5 Å². The van der Waals surface area contributed by atoms with E-state index < -0.39 is 24.2 Å². The second-order valence-electron chi connectivity index (χ2n) is 10.6. The quantitative estimate of drug-likeness (QED) is 0.407. The number of phenols is 2. The number of rotatable bonds is 9. The van der Waals surface area contributed by atoms with Gasteiger partial charge in [0.05, 0.1) is 6.10 Å². The Bertz CT molecular complexity index is 1050. The number of anilines is 3. The Morgan fingerprint density at radius 2 is 1.19 bits per heavy atom. The molecular formula is C30H37N2O4-. The Morgan fingerprint density at radius 3 is 1.58 bits per heavy atom. The van der Waals surface area contributed by atoms with E-state index in [1.807, 2.05) is 65.6 Å². The van der Waals surface area contributed by atoms with Gasteiger partial charge in [0.2, 0.25) is 0 Å². The van der Waals surface area contributed by atoms with Gasteiger partial charge in [-0.25, -0.2) is 0 Å². The first-order valence-electron chi connectivity index (χ1n) is 12.7. The van der Waals surface area contributed by atoms with Gasteiger partial charge in [-0.15, -0.1) is 0 Å². The molecule has 0 heterocycles. The highest BCUT2D eigenvalue weighted by Crippen LogP contribution is 2.49. The molecule has 6 nitrogen and oxygen atoms in total. The number of benzene rings is 3. The molecule has 1 saturated carbocycles. The fourth-order valence-electron chi connectivity index (χ4n) is 5.27. The predicted octanol–water partition coefficient (Wildman–Crippen LogP) is 4.61. The Hall–Kier alpha value is -3.22. The van der Waals surface area contributed by atoms with Crippen LogP contribution < -0.4 is 14.9 Å². The van der Waals surface area contributed by atoms with Crippen LogP contribution in [0.2, 0.25) is 0 Å². The third-order valence-electron chi connectivity index (χ3n) is 6.77. The zero-order valence-corrected chi connectivity index (χ0v) is 21.5. The lowest BCUT2D eigenvalue weighted by atomic mass is 9.68. The number of phenolic OH excluding ortho intramolecular Hbond substituents is 2. The van der Waals surface area contributed by atoms with Gasteiger partial charge in [0.15, 0.2) is 0 Å². The molecule has 0 amide bonds. The molecule has 1 aliphatic rings. The molecule has 4 rings (SSSR count). The summed E-state index contributed by atoms with van der Waals surface area (Å²) in [6.45, 7) is 10.0. The Labute approximate surface area is 214 Å². The van der Waals surface area contributed by atoms with Crippen molar-refractivity contribution in [1.29, 1.82) is 0 Å². The minimum Gasteiger partial charge on any atom is -0.850 e. The maximum atomic E-state index is 13.6. The second kappa shape index (κ2) is 10.8. The standard InChI is InChI=1S/C30H37N2O4/c1-19(2)17-31(18-20(3)4)23-15-24(33)26(25(34)16-23)27-29(35)28(30(27)36)32(21-11-7-5-8-12-21)22-13-9-6-10-14-22/h5-16,19-20,27-30,33-35H,17-18H2,1-4H3/q-1. The molecule has 3 aromatic rings. The van der Waals surface area contributed by atoms with Crippen molar-refractivity contribution in [3.05, 3.63) is 78.4 Å². The molecule has 6 heteroatoms. The summed E-state index contributed by atoms with van der Waals surface area (Å²) in [6.07, 6.45) is -2.33. The highest BCUT2D eigenvalue weighted by molar-refractivity contribution is 5.67. The second-order valence-corrected chi connectivity index (χ2v) is 10.6. The Balaban J connectivity index is 1.65. The molecule has 3 N–H and O–H groups in total. The van der Waals surface area contributed by atoms with E-state index in [9.17, 15) is 20.4 Å². The third kappa shape index (κ3) is 5.15. The average molecular weight is 490 g/mol. The summed E-state index contributed by atoms with van der Waals surface area (Å²) in [5, 5.41) is 46.8. The van der Waals surface area contributed by atoms with Crippen molar-refractivity contribution in [3.63, 3.8) is 0 Å². The number of aliphatic hydroxyl groups is 1. The third-order valence-corrected chi connectivity index (χ3v) is 6.77. The van der Waals surface area contributed by atoms with Crippen molar-refractivity contribution in [1.82, 2.24) is 0 Å². The van der Waals surface area contributed by atoms with E-state index in [0.717, 1.165) is 24.5 Å². The normalized spacial score (nSPS) is 21.4. The van der Waals surface area contributed by atoms with Crippen molar-refractivity contribution < 1.29 is 20.4 Å². The molecule has 3 aromatic carbocycles. The highest BCUT2D eigenvalue weighted by atomic mass is 16.3. The first-order valence-corrected chi connectivity index (χ1v) is 12.7. The van der Waals surface area contributed by atoms with Gasteiger partial charge in [-0.05, 0) is 36.1 Å². The summed E-state index contributed by atoms with van der Waals surface area (Å²) >= 11 is 0. The van der Waals surface area contributed by atoms with E-state index in [1.54, 1.807) is 12.1 Å². The minimum atomic E-state index is -1.26. The van der Waals surface area contributed by atoms with Crippen LogP contribution in [-0.2, 0) is 0 Å². The van der Waals surface area contributed by atoms with Crippen molar-refractivity contribution in [2.45, 2.75) is 51.9 Å². The molecule has 1 fully saturated rings. The maximum Gasteiger partial charge on any atom is 0.124 e. The molecule has 192 valence electrons. The highest BCUT2D eigenvalue weighted by Gasteiger charge is 2.49. The SMILES string of the molecule is CC(C)CN(CC(C)C)c1cc(O)c(C2C([O-])C(N(c3ccccc3)c3ccccc3)C2O)c(O)c1. The van der Waals surface area contributed by atoms with Crippen molar-refractivity contribution in [3.8, 4) is 11.5 Å².